The summed E-state index contributed by atoms with van der Waals surface area (Å²) >= 11 is 0. The van der Waals surface area contributed by atoms with Gasteiger partial charge in [0.25, 0.3) is 5.91 Å². The molecule has 0 bridgehead atoms. The van der Waals surface area contributed by atoms with Gasteiger partial charge in [-0.15, -0.1) is 0 Å². The lowest BCUT2D eigenvalue weighted by atomic mass is 10.0. The van der Waals surface area contributed by atoms with Crippen molar-refractivity contribution in [3.63, 3.8) is 0 Å². The van der Waals surface area contributed by atoms with Crippen molar-refractivity contribution < 1.29 is 4.79 Å². The van der Waals surface area contributed by atoms with E-state index in [-0.39, 0.29) is 5.91 Å². The van der Waals surface area contributed by atoms with Gasteiger partial charge in [0.05, 0.1) is 23.0 Å². The third-order valence-electron chi connectivity index (χ3n) is 4.36. The van der Waals surface area contributed by atoms with E-state index in [9.17, 15) is 4.79 Å². The van der Waals surface area contributed by atoms with Crippen LogP contribution in [0.2, 0.25) is 0 Å². The van der Waals surface area contributed by atoms with Crippen LogP contribution in [-0.4, -0.2) is 22.1 Å². The summed E-state index contributed by atoms with van der Waals surface area (Å²) < 4.78 is 0. The van der Waals surface area contributed by atoms with Crippen molar-refractivity contribution in [2.75, 3.05) is 0 Å². The van der Waals surface area contributed by atoms with Crippen LogP contribution in [0.1, 0.15) is 21.5 Å². The van der Waals surface area contributed by atoms with Crippen molar-refractivity contribution in [2.24, 2.45) is 5.10 Å². The van der Waals surface area contributed by atoms with Crippen molar-refractivity contribution in [1.82, 2.24) is 15.4 Å². The van der Waals surface area contributed by atoms with Crippen LogP contribution < -0.4 is 5.43 Å². The number of carbonyl (C=O) groups is 1. The number of carbonyl (C=O) groups excluding carboxylic acids is 1. The lowest BCUT2D eigenvalue weighted by Gasteiger charge is -2.09. The van der Waals surface area contributed by atoms with Crippen LogP contribution in [0.4, 0.5) is 0 Å². The molecular weight excluding hydrogens is 348 g/mol. The molecule has 4 aromatic rings. The number of amides is 1. The minimum absolute atomic E-state index is 0.280. The fourth-order valence-corrected chi connectivity index (χ4v) is 3.01. The standard InChI is InChI=1S/C23H18N4O/c1-16-5-4-6-17(13-16)15-25-27-23(28)20-14-22(18-9-11-24-12-10-18)26-21-8-3-2-7-19(20)21/h2-15H,1H3,(H,27,28). The Balaban J connectivity index is 1.67. The first-order valence-electron chi connectivity index (χ1n) is 8.91. The molecule has 4 rings (SSSR count). The second-order valence-corrected chi connectivity index (χ2v) is 6.42. The SMILES string of the molecule is Cc1cccc(C=NNC(=O)c2cc(-c3ccncc3)nc3ccccc23)c1. The number of rotatable bonds is 4. The molecule has 0 unspecified atom stereocenters. The Morgan fingerprint density at radius 3 is 2.64 bits per heavy atom. The van der Waals surface area contributed by atoms with Gasteiger partial charge in [-0.3, -0.25) is 9.78 Å². The quantitative estimate of drug-likeness (QED) is 0.431. The average Bonchev–Trinajstić information content (AvgIpc) is 2.73. The summed E-state index contributed by atoms with van der Waals surface area (Å²) in [5, 5.41) is 4.89. The minimum Gasteiger partial charge on any atom is -0.267 e. The predicted molar refractivity (Wildman–Crippen MR) is 111 cm³/mol. The number of benzene rings is 2. The Morgan fingerprint density at radius 1 is 1.00 bits per heavy atom. The van der Waals surface area contributed by atoms with Gasteiger partial charge in [-0.05, 0) is 36.8 Å². The first-order valence-corrected chi connectivity index (χ1v) is 8.91. The molecule has 0 aliphatic carbocycles. The molecule has 136 valence electrons. The predicted octanol–water partition coefficient (Wildman–Crippen LogP) is 4.37. The molecular formula is C23H18N4O. The van der Waals surface area contributed by atoms with Crippen molar-refractivity contribution in [3.8, 4) is 11.3 Å². The maximum atomic E-state index is 12.8. The highest BCUT2D eigenvalue weighted by Gasteiger charge is 2.13. The molecule has 28 heavy (non-hydrogen) atoms. The lowest BCUT2D eigenvalue weighted by molar-refractivity contribution is 0.0957. The number of para-hydroxylation sites is 1. The van der Waals surface area contributed by atoms with Gasteiger partial charge < -0.3 is 0 Å². The summed E-state index contributed by atoms with van der Waals surface area (Å²) in [6.45, 7) is 2.01. The van der Waals surface area contributed by atoms with Crippen molar-refractivity contribution in [2.45, 2.75) is 6.92 Å². The van der Waals surface area contributed by atoms with E-state index in [1.165, 1.54) is 0 Å². The Labute approximate surface area is 162 Å². The molecule has 0 fully saturated rings. The third kappa shape index (κ3) is 3.78. The van der Waals surface area contributed by atoms with E-state index in [1.54, 1.807) is 24.7 Å². The molecule has 0 saturated carbocycles. The zero-order chi connectivity index (χ0) is 19.3. The van der Waals surface area contributed by atoms with E-state index in [4.69, 9.17) is 0 Å². The maximum absolute atomic E-state index is 12.8. The number of hydrogen-bond acceptors (Lipinski definition) is 4. The Morgan fingerprint density at radius 2 is 1.82 bits per heavy atom. The first-order chi connectivity index (χ1) is 13.7. The van der Waals surface area contributed by atoms with Crippen molar-refractivity contribution in [1.29, 1.82) is 0 Å². The van der Waals surface area contributed by atoms with Gasteiger partial charge in [0.15, 0.2) is 0 Å². The number of nitrogens with zero attached hydrogens (tertiary/aromatic N) is 3. The topological polar surface area (TPSA) is 67.2 Å². The monoisotopic (exact) mass is 366 g/mol. The molecule has 2 aromatic heterocycles. The highest BCUT2D eigenvalue weighted by atomic mass is 16.2. The number of aryl methyl sites for hydroxylation is 1. The second kappa shape index (κ2) is 7.80. The highest BCUT2D eigenvalue weighted by molar-refractivity contribution is 6.07. The normalized spacial score (nSPS) is 11.0. The van der Waals surface area contributed by atoms with Crippen molar-refractivity contribution >= 4 is 23.0 Å². The van der Waals surface area contributed by atoms with Crippen molar-refractivity contribution in [3.05, 3.63) is 95.8 Å². The number of hydrogen-bond donors (Lipinski definition) is 1. The van der Waals surface area contributed by atoms with Gasteiger partial charge in [-0.1, -0.05) is 48.0 Å². The average molecular weight is 366 g/mol. The van der Waals surface area contributed by atoms with E-state index >= 15 is 0 Å². The molecule has 1 amide bonds. The van der Waals surface area contributed by atoms with E-state index in [2.05, 4.69) is 20.5 Å². The molecule has 2 heterocycles. The van der Waals surface area contributed by atoms with Crippen LogP contribution in [0, 0.1) is 6.92 Å². The van der Waals surface area contributed by atoms with Crippen LogP contribution in [0.25, 0.3) is 22.2 Å². The van der Waals surface area contributed by atoms with Gasteiger partial charge in [-0.2, -0.15) is 5.10 Å². The molecule has 0 atom stereocenters. The highest BCUT2D eigenvalue weighted by Crippen LogP contribution is 2.24. The maximum Gasteiger partial charge on any atom is 0.272 e. The number of nitrogens with one attached hydrogen (secondary N) is 1. The Hall–Kier alpha value is -3.86. The molecule has 0 aliphatic rings. The smallest absolute Gasteiger partial charge is 0.267 e. The first kappa shape index (κ1) is 17.5. The van der Waals surface area contributed by atoms with Gasteiger partial charge in [-0.25, -0.2) is 10.4 Å². The van der Waals surface area contributed by atoms with Crippen LogP contribution in [0.3, 0.4) is 0 Å². The fraction of sp³-hybridized carbons (Fsp3) is 0.0435. The fourth-order valence-electron chi connectivity index (χ4n) is 3.01. The van der Waals surface area contributed by atoms with E-state index < -0.39 is 0 Å². The molecule has 1 N–H and O–H groups in total. The summed E-state index contributed by atoms with van der Waals surface area (Å²) in [6.07, 6.45) is 5.05. The molecule has 5 heteroatoms. The number of aromatic nitrogens is 2. The van der Waals surface area contributed by atoms with E-state index in [1.807, 2.05) is 67.6 Å². The summed E-state index contributed by atoms with van der Waals surface area (Å²) in [5.41, 5.74) is 7.59. The van der Waals surface area contributed by atoms with Gasteiger partial charge in [0.2, 0.25) is 0 Å². The third-order valence-corrected chi connectivity index (χ3v) is 4.36. The zero-order valence-corrected chi connectivity index (χ0v) is 15.3. The number of pyridine rings is 2. The summed E-state index contributed by atoms with van der Waals surface area (Å²) in [6, 6.07) is 21.0. The number of hydrazone groups is 1. The minimum atomic E-state index is -0.280. The summed E-state index contributed by atoms with van der Waals surface area (Å²) in [5.74, 6) is -0.280. The van der Waals surface area contributed by atoms with E-state index in [0.717, 1.165) is 27.6 Å². The summed E-state index contributed by atoms with van der Waals surface area (Å²) in [7, 11) is 0. The summed E-state index contributed by atoms with van der Waals surface area (Å²) in [4.78, 5) is 21.6. The number of fused-ring (bicyclic) bond motifs is 1. The Kier molecular flexibility index (Phi) is 4.89. The molecule has 0 saturated heterocycles. The van der Waals surface area contributed by atoms with Gasteiger partial charge in [0.1, 0.15) is 0 Å². The van der Waals surface area contributed by atoms with Crippen LogP contribution in [-0.2, 0) is 0 Å². The van der Waals surface area contributed by atoms with E-state index in [0.29, 0.717) is 11.3 Å². The zero-order valence-electron chi connectivity index (χ0n) is 15.3. The van der Waals surface area contributed by atoms with Gasteiger partial charge >= 0.3 is 0 Å². The van der Waals surface area contributed by atoms with Crippen LogP contribution >= 0.6 is 0 Å². The van der Waals surface area contributed by atoms with Crippen LogP contribution in [0.5, 0.6) is 0 Å². The largest absolute Gasteiger partial charge is 0.272 e. The second-order valence-electron chi connectivity index (χ2n) is 6.42. The molecule has 0 aliphatic heterocycles. The van der Waals surface area contributed by atoms with Crippen LogP contribution in [0.15, 0.2) is 84.2 Å². The molecule has 0 spiro atoms. The molecule has 0 radical (unpaired) electrons. The van der Waals surface area contributed by atoms with Gasteiger partial charge in [0, 0.05) is 23.3 Å². The lowest BCUT2D eigenvalue weighted by Crippen LogP contribution is -2.18. The Bertz CT molecular complexity index is 1170. The molecule has 2 aromatic carbocycles. The molecule has 5 nitrogen and oxygen atoms in total.